The molecule has 0 aliphatic rings. The van der Waals surface area contributed by atoms with Crippen LogP contribution in [0, 0.1) is 0 Å². The van der Waals surface area contributed by atoms with Crippen molar-refractivity contribution in [2.24, 2.45) is 5.73 Å². The maximum Gasteiger partial charge on any atom is 0.400 e. The van der Waals surface area contributed by atoms with Crippen LogP contribution in [0.15, 0.2) is 0 Å². The molecule has 6 heteroatoms. The van der Waals surface area contributed by atoms with Gasteiger partial charge in [-0.3, -0.25) is 4.21 Å². The minimum absolute atomic E-state index is 0.0734. The van der Waals surface area contributed by atoms with Crippen LogP contribution in [0.25, 0.3) is 0 Å². The maximum atomic E-state index is 11.6. The monoisotopic (exact) mass is 203 g/mol. The summed E-state index contributed by atoms with van der Waals surface area (Å²) in [6, 6.07) is -0.395. The van der Waals surface area contributed by atoms with Gasteiger partial charge in [-0.15, -0.1) is 0 Å². The van der Waals surface area contributed by atoms with Crippen LogP contribution in [0.4, 0.5) is 13.2 Å². The van der Waals surface area contributed by atoms with Crippen LogP contribution in [0.2, 0.25) is 0 Å². The summed E-state index contributed by atoms with van der Waals surface area (Å²) in [7, 11) is -1.87. The molecule has 2 atom stereocenters. The van der Waals surface area contributed by atoms with Crippen LogP contribution in [0.3, 0.4) is 0 Å². The average Bonchev–Trinajstić information content (AvgIpc) is 1.82. The molecule has 0 heterocycles. The highest BCUT2D eigenvalue weighted by Gasteiger charge is 2.30. The van der Waals surface area contributed by atoms with Gasteiger partial charge in [-0.25, -0.2) is 0 Å². The predicted molar refractivity (Wildman–Crippen MR) is 42.2 cm³/mol. The lowest BCUT2D eigenvalue weighted by Crippen LogP contribution is -2.30. The lowest BCUT2D eigenvalue weighted by molar-refractivity contribution is -0.105. The largest absolute Gasteiger partial charge is 0.400 e. The van der Waals surface area contributed by atoms with Crippen molar-refractivity contribution < 1.29 is 17.4 Å². The first-order valence-corrected chi connectivity index (χ1v) is 5.01. The van der Waals surface area contributed by atoms with E-state index in [9.17, 15) is 17.4 Å². The number of rotatable bonds is 4. The molecule has 0 spiro atoms. The molecule has 0 aromatic carbocycles. The first-order chi connectivity index (χ1) is 5.35. The van der Waals surface area contributed by atoms with Crippen molar-refractivity contribution in [3.63, 3.8) is 0 Å². The van der Waals surface area contributed by atoms with Gasteiger partial charge in [0, 0.05) is 22.6 Å². The second-order valence-electron chi connectivity index (χ2n) is 2.53. The summed E-state index contributed by atoms with van der Waals surface area (Å²) in [6.07, 6.45) is -3.80. The average molecular weight is 203 g/mol. The molecule has 0 radical (unpaired) electrons. The third-order valence-electron chi connectivity index (χ3n) is 1.25. The molecule has 2 unspecified atom stereocenters. The van der Waals surface area contributed by atoms with E-state index in [1.165, 1.54) is 0 Å². The fourth-order valence-electron chi connectivity index (χ4n) is 0.598. The lowest BCUT2D eigenvalue weighted by atomic mass is 10.3. The molecule has 0 aliphatic heterocycles. The van der Waals surface area contributed by atoms with Crippen molar-refractivity contribution in [3.05, 3.63) is 0 Å². The normalized spacial score (nSPS) is 17.4. The van der Waals surface area contributed by atoms with E-state index in [2.05, 4.69) is 0 Å². The van der Waals surface area contributed by atoms with Gasteiger partial charge in [0.05, 0.1) is 0 Å². The van der Waals surface area contributed by atoms with Crippen molar-refractivity contribution in [2.75, 3.05) is 11.5 Å². The Hall–Kier alpha value is -0.100. The van der Waals surface area contributed by atoms with E-state index in [0.29, 0.717) is 6.42 Å². The van der Waals surface area contributed by atoms with Crippen molar-refractivity contribution in [3.8, 4) is 0 Å². The zero-order valence-corrected chi connectivity index (χ0v) is 7.54. The third kappa shape index (κ3) is 6.60. The van der Waals surface area contributed by atoms with Gasteiger partial charge < -0.3 is 5.73 Å². The second kappa shape index (κ2) is 4.81. The van der Waals surface area contributed by atoms with E-state index in [0.717, 1.165) is 0 Å². The molecular weight excluding hydrogens is 191 g/mol. The molecule has 0 aliphatic carbocycles. The molecule has 0 bridgehead atoms. The van der Waals surface area contributed by atoms with E-state index >= 15 is 0 Å². The van der Waals surface area contributed by atoms with Crippen LogP contribution < -0.4 is 5.73 Å². The fourth-order valence-corrected chi connectivity index (χ4v) is 1.79. The van der Waals surface area contributed by atoms with Gasteiger partial charge in [-0.1, -0.05) is 6.92 Å². The lowest BCUT2D eigenvalue weighted by Gasteiger charge is -2.09. The van der Waals surface area contributed by atoms with Gasteiger partial charge in [0.1, 0.15) is 5.75 Å². The Labute approximate surface area is 71.8 Å². The second-order valence-corrected chi connectivity index (χ2v) is 4.04. The van der Waals surface area contributed by atoms with Gasteiger partial charge >= 0.3 is 6.18 Å². The Morgan fingerprint density at radius 1 is 1.50 bits per heavy atom. The molecule has 2 nitrogen and oxygen atoms in total. The van der Waals surface area contributed by atoms with Crippen LogP contribution in [0.5, 0.6) is 0 Å². The smallest absolute Gasteiger partial charge is 0.327 e. The summed E-state index contributed by atoms with van der Waals surface area (Å²) in [5.41, 5.74) is 5.33. The van der Waals surface area contributed by atoms with E-state index in [1.54, 1.807) is 6.92 Å². The zero-order chi connectivity index (χ0) is 9.78. The number of nitrogens with two attached hydrogens (primary N) is 1. The molecule has 74 valence electrons. The SMILES string of the molecule is CCC(N)CS(=O)CC(F)(F)F. The molecular formula is C6H12F3NOS. The molecule has 0 aromatic rings. The number of halogens is 3. The first kappa shape index (κ1) is 11.9. The van der Waals surface area contributed by atoms with Gasteiger partial charge in [0.2, 0.25) is 0 Å². The Morgan fingerprint density at radius 3 is 2.33 bits per heavy atom. The van der Waals surface area contributed by atoms with Crippen molar-refractivity contribution in [1.82, 2.24) is 0 Å². The number of alkyl halides is 3. The Kier molecular flexibility index (Phi) is 4.77. The topological polar surface area (TPSA) is 43.1 Å². The number of hydrogen-bond donors (Lipinski definition) is 1. The minimum Gasteiger partial charge on any atom is -0.327 e. The van der Waals surface area contributed by atoms with Crippen molar-refractivity contribution in [1.29, 1.82) is 0 Å². The standard InChI is InChI=1S/C6H12F3NOS/c1-2-5(10)3-12(11)4-6(7,8)9/h5H,2-4,10H2,1H3. The summed E-state index contributed by atoms with van der Waals surface area (Å²) in [5, 5.41) is 0. The zero-order valence-electron chi connectivity index (χ0n) is 6.73. The molecule has 2 N–H and O–H groups in total. The van der Waals surface area contributed by atoms with Crippen LogP contribution in [-0.4, -0.2) is 27.9 Å². The van der Waals surface area contributed by atoms with Gasteiger partial charge in [0.15, 0.2) is 0 Å². The molecule has 0 saturated heterocycles. The molecule has 0 saturated carbocycles. The summed E-state index contributed by atoms with van der Waals surface area (Å²) in [5.74, 6) is -1.32. The van der Waals surface area contributed by atoms with Crippen LogP contribution in [0.1, 0.15) is 13.3 Å². The van der Waals surface area contributed by atoms with E-state index < -0.39 is 28.8 Å². The quantitative estimate of drug-likeness (QED) is 0.741. The van der Waals surface area contributed by atoms with E-state index in [4.69, 9.17) is 5.73 Å². The third-order valence-corrected chi connectivity index (χ3v) is 2.70. The minimum atomic E-state index is -4.35. The molecule has 12 heavy (non-hydrogen) atoms. The van der Waals surface area contributed by atoms with Gasteiger partial charge in [0.25, 0.3) is 0 Å². The molecule has 0 amide bonds. The Bertz CT molecular complexity index is 159. The highest BCUT2D eigenvalue weighted by atomic mass is 32.2. The summed E-state index contributed by atoms with van der Waals surface area (Å²) in [4.78, 5) is 0. The van der Waals surface area contributed by atoms with Crippen LogP contribution in [-0.2, 0) is 10.8 Å². The predicted octanol–water partition coefficient (Wildman–Crippen LogP) is 1.03. The Morgan fingerprint density at radius 2 is 2.00 bits per heavy atom. The molecule has 0 aromatic heterocycles. The van der Waals surface area contributed by atoms with E-state index in [1.807, 2.05) is 0 Å². The van der Waals surface area contributed by atoms with Gasteiger partial charge in [-0.05, 0) is 6.42 Å². The van der Waals surface area contributed by atoms with Crippen molar-refractivity contribution in [2.45, 2.75) is 25.6 Å². The summed E-state index contributed by atoms with van der Waals surface area (Å²) < 4.78 is 45.6. The van der Waals surface area contributed by atoms with E-state index in [-0.39, 0.29) is 5.75 Å². The first-order valence-electron chi connectivity index (χ1n) is 3.52. The summed E-state index contributed by atoms with van der Waals surface area (Å²) >= 11 is 0. The highest BCUT2D eigenvalue weighted by Crippen LogP contribution is 2.16. The fraction of sp³-hybridized carbons (Fsp3) is 1.00. The highest BCUT2D eigenvalue weighted by molar-refractivity contribution is 7.85. The number of hydrogen-bond acceptors (Lipinski definition) is 2. The maximum absolute atomic E-state index is 11.6. The van der Waals surface area contributed by atoms with Crippen LogP contribution >= 0.6 is 0 Å². The molecule has 0 rings (SSSR count). The van der Waals surface area contributed by atoms with Crippen molar-refractivity contribution >= 4 is 10.8 Å². The van der Waals surface area contributed by atoms with Gasteiger partial charge in [-0.2, -0.15) is 13.2 Å². The molecule has 0 fully saturated rings. The Balaban J connectivity index is 3.75. The summed E-state index contributed by atoms with van der Waals surface area (Å²) in [6.45, 7) is 1.75.